The number of allylic oxidation sites excluding steroid dienone is 4. The molecule has 0 aromatic heterocycles. The highest BCUT2D eigenvalue weighted by Crippen LogP contribution is 2.37. The number of hydrogen-bond donors (Lipinski definition) is 0. The van der Waals surface area contributed by atoms with Crippen LogP contribution in [-0.4, -0.2) is 18.4 Å². The molecule has 0 aliphatic heterocycles. The minimum absolute atomic E-state index is 0.0783. The first-order valence-electron chi connectivity index (χ1n) is 12.4. The van der Waals surface area contributed by atoms with Gasteiger partial charge in [-0.1, -0.05) is 50.6 Å². The molecule has 1 unspecified atom stereocenters. The summed E-state index contributed by atoms with van der Waals surface area (Å²) < 4.78 is 11.2. The number of carbonyl (C=O) groups is 2. The van der Waals surface area contributed by atoms with E-state index in [4.69, 9.17) is 9.47 Å². The van der Waals surface area contributed by atoms with E-state index in [0.29, 0.717) is 11.5 Å². The number of hydrogen-bond acceptors (Lipinski definition) is 4. The molecule has 0 N–H and O–H groups in total. The second-order valence-electron chi connectivity index (χ2n) is 10.9. The topological polar surface area (TPSA) is 52.6 Å². The molecule has 4 nitrogen and oxygen atoms in total. The number of esters is 1. The first-order chi connectivity index (χ1) is 16.4. The Balaban J connectivity index is 1.61. The first-order valence-corrected chi connectivity index (χ1v) is 12.4. The van der Waals surface area contributed by atoms with E-state index < -0.39 is 5.97 Å². The second kappa shape index (κ2) is 11.1. The SMILES string of the molecule is CC(C)=CC(c1ccc(OC(=O)COc2ccc(C)c(/C(C)=C\C(=O)C3CC3)c2)cc1)C(C)(C)C. The zero-order valence-electron chi connectivity index (χ0n) is 22.1. The Bertz CT molecular complexity index is 1120. The number of ketones is 1. The Morgan fingerprint density at radius 1 is 1.00 bits per heavy atom. The Kier molecular flexibility index (Phi) is 8.37. The predicted octanol–water partition coefficient (Wildman–Crippen LogP) is 7.46. The largest absolute Gasteiger partial charge is 0.482 e. The van der Waals surface area contributed by atoms with Gasteiger partial charge in [0.05, 0.1) is 0 Å². The van der Waals surface area contributed by atoms with Crippen LogP contribution in [0, 0.1) is 18.3 Å². The van der Waals surface area contributed by atoms with E-state index in [-0.39, 0.29) is 29.6 Å². The van der Waals surface area contributed by atoms with Gasteiger partial charge >= 0.3 is 5.97 Å². The van der Waals surface area contributed by atoms with Gasteiger partial charge in [0.25, 0.3) is 0 Å². The zero-order valence-corrected chi connectivity index (χ0v) is 22.1. The summed E-state index contributed by atoms with van der Waals surface area (Å²) in [6.07, 6.45) is 5.98. The summed E-state index contributed by atoms with van der Waals surface area (Å²) in [7, 11) is 0. The zero-order chi connectivity index (χ0) is 25.8. The van der Waals surface area contributed by atoms with Crippen molar-refractivity contribution in [2.24, 2.45) is 11.3 Å². The van der Waals surface area contributed by atoms with Crippen molar-refractivity contribution in [3.63, 3.8) is 0 Å². The fourth-order valence-corrected chi connectivity index (χ4v) is 4.12. The van der Waals surface area contributed by atoms with Gasteiger partial charge in [-0.3, -0.25) is 4.79 Å². The molecule has 1 aliphatic carbocycles. The Morgan fingerprint density at radius 3 is 2.20 bits per heavy atom. The maximum atomic E-state index is 12.4. The average Bonchev–Trinajstić information content (AvgIpc) is 3.62. The van der Waals surface area contributed by atoms with Gasteiger partial charge in [0, 0.05) is 11.8 Å². The van der Waals surface area contributed by atoms with Gasteiger partial charge in [-0.05, 0) is 98.6 Å². The Labute approximate surface area is 210 Å². The lowest BCUT2D eigenvalue weighted by Crippen LogP contribution is -2.18. The number of benzene rings is 2. The maximum Gasteiger partial charge on any atom is 0.349 e. The molecule has 0 spiro atoms. The van der Waals surface area contributed by atoms with E-state index in [1.54, 1.807) is 6.08 Å². The van der Waals surface area contributed by atoms with E-state index >= 15 is 0 Å². The first kappa shape index (κ1) is 26.5. The molecule has 4 heteroatoms. The number of ether oxygens (including phenoxy) is 2. The van der Waals surface area contributed by atoms with Crippen LogP contribution in [0.25, 0.3) is 5.57 Å². The van der Waals surface area contributed by atoms with Crippen LogP contribution < -0.4 is 9.47 Å². The molecule has 0 saturated heterocycles. The Hall–Kier alpha value is -3.14. The normalized spacial score (nSPS) is 14.8. The van der Waals surface area contributed by atoms with Crippen molar-refractivity contribution >= 4 is 17.3 Å². The van der Waals surface area contributed by atoms with Crippen LogP contribution in [0.4, 0.5) is 0 Å². The molecule has 186 valence electrons. The van der Waals surface area contributed by atoms with Gasteiger partial charge in [0.15, 0.2) is 12.4 Å². The highest BCUT2D eigenvalue weighted by atomic mass is 16.6. The minimum Gasteiger partial charge on any atom is -0.482 e. The third kappa shape index (κ3) is 7.68. The third-order valence-electron chi connectivity index (χ3n) is 6.23. The van der Waals surface area contributed by atoms with Crippen molar-refractivity contribution in [3.05, 3.63) is 76.9 Å². The molecular weight excluding hydrogens is 436 g/mol. The van der Waals surface area contributed by atoms with Crippen LogP contribution in [0.3, 0.4) is 0 Å². The quantitative estimate of drug-likeness (QED) is 0.164. The van der Waals surface area contributed by atoms with E-state index in [0.717, 1.165) is 29.5 Å². The van der Waals surface area contributed by atoms with Crippen LogP contribution in [0.2, 0.25) is 0 Å². The summed E-state index contributed by atoms with van der Waals surface area (Å²) in [4.78, 5) is 24.6. The van der Waals surface area contributed by atoms with Gasteiger partial charge in [-0.25, -0.2) is 4.79 Å². The average molecular weight is 475 g/mol. The lowest BCUT2D eigenvalue weighted by Gasteiger charge is -2.29. The second-order valence-corrected chi connectivity index (χ2v) is 10.9. The van der Waals surface area contributed by atoms with Gasteiger partial charge in [-0.2, -0.15) is 0 Å². The molecule has 1 atom stereocenters. The molecule has 0 radical (unpaired) electrons. The predicted molar refractivity (Wildman–Crippen MR) is 142 cm³/mol. The van der Waals surface area contributed by atoms with E-state index in [1.807, 2.05) is 56.3 Å². The number of carbonyl (C=O) groups excluding carboxylic acids is 2. The van der Waals surface area contributed by atoms with Gasteiger partial charge < -0.3 is 9.47 Å². The van der Waals surface area contributed by atoms with E-state index in [9.17, 15) is 9.59 Å². The summed E-state index contributed by atoms with van der Waals surface area (Å²) in [5, 5.41) is 0. The summed E-state index contributed by atoms with van der Waals surface area (Å²) in [5.74, 6) is 1.26. The highest BCUT2D eigenvalue weighted by Gasteiger charge is 2.28. The number of rotatable bonds is 9. The van der Waals surface area contributed by atoms with Crippen LogP contribution in [0.1, 0.15) is 77.0 Å². The minimum atomic E-state index is -0.465. The van der Waals surface area contributed by atoms with Crippen molar-refractivity contribution < 1.29 is 19.1 Å². The third-order valence-corrected chi connectivity index (χ3v) is 6.23. The van der Waals surface area contributed by atoms with Crippen LogP contribution in [-0.2, 0) is 9.59 Å². The van der Waals surface area contributed by atoms with Crippen molar-refractivity contribution in [2.75, 3.05) is 6.61 Å². The van der Waals surface area contributed by atoms with E-state index in [2.05, 4.69) is 40.7 Å². The number of aryl methyl sites for hydroxylation is 1. The fourth-order valence-electron chi connectivity index (χ4n) is 4.12. The standard InChI is InChI=1S/C31H38O4/c1-20(2)16-28(31(5,6)7)23-11-14-25(15-12-23)35-30(33)19-34-26-13-8-21(3)27(18-26)22(4)17-29(32)24-9-10-24/h8,11-18,24,28H,9-10,19H2,1-7H3/b22-17-. The molecule has 3 rings (SSSR count). The molecular formula is C31H38O4. The highest BCUT2D eigenvalue weighted by molar-refractivity contribution is 5.99. The molecule has 0 bridgehead atoms. The summed E-state index contributed by atoms with van der Waals surface area (Å²) in [6, 6.07) is 13.3. The van der Waals surface area contributed by atoms with E-state index in [1.165, 1.54) is 11.1 Å². The maximum absolute atomic E-state index is 12.4. The lowest BCUT2D eigenvalue weighted by atomic mass is 9.76. The molecule has 0 amide bonds. The molecule has 35 heavy (non-hydrogen) atoms. The molecule has 1 saturated carbocycles. The smallest absolute Gasteiger partial charge is 0.349 e. The van der Waals surface area contributed by atoms with Gasteiger partial charge in [-0.15, -0.1) is 0 Å². The summed E-state index contributed by atoms with van der Waals surface area (Å²) in [5.41, 5.74) is 5.45. The lowest BCUT2D eigenvalue weighted by molar-refractivity contribution is -0.136. The summed E-state index contributed by atoms with van der Waals surface area (Å²) in [6.45, 7) is 14.6. The van der Waals surface area contributed by atoms with Crippen LogP contribution >= 0.6 is 0 Å². The fraction of sp³-hybridized carbons (Fsp3) is 0.419. The van der Waals surface area contributed by atoms with Crippen molar-refractivity contribution in [2.45, 2.75) is 67.2 Å². The van der Waals surface area contributed by atoms with Crippen molar-refractivity contribution in [1.29, 1.82) is 0 Å². The molecule has 0 heterocycles. The summed E-state index contributed by atoms with van der Waals surface area (Å²) >= 11 is 0. The van der Waals surface area contributed by atoms with Crippen molar-refractivity contribution in [3.8, 4) is 11.5 Å². The van der Waals surface area contributed by atoms with Gasteiger partial charge in [0.1, 0.15) is 11.5 Å². The molecule has 1 aliphatic rings. The van der Waals surface area contributed by atoms with Crippen molar-refractivity contribution in [1.82, 2.24) is 0 Å². The monoisotopic (exact) mass is 474 g/mol. The van der Waals surface area contributed by atoms with Gasteiger partial charge in [0.2, 0.25) is 0 Å². The molecule has 1 fully saturated rings. The Morgan fingerprint density at radius 2 is 1.63 bits per heavy atom. The van der Waals surface area contributed by atoms with Crippen LogP contribution in [0.5, 0.6) is 11.5 Å². The molecule has 2 aromatic carbocycles. The molecule has 2 aromatic rings. The van der Waals surface area contributed by atoms with Crippen LogP contribution in [0.15, 0.2) is 60.2 Å².